The standard InChI is InChI=1S/C17H27FN4O2.HI/c1-12(2)16(23)20-8-9-21-17(19-3)22(4)11-13-6-7-15(24-5)14(18)10-13;/h6-7,10,12H,8-9,11H2,1-5H3,(H,19,21)(H,20,23);1H. The molecular formula is C17H28FIN4O2. The van der Waals surface area contributed by atoms with Crippen LogP contribution in [0.25, 0.3) is 0 Å². The second-order valence-corrected chi connectivity index (χ2v) is 5.74. The summed E-state index contributed by atoms with van der Waals surface area (Å²) < 4.78 is 18.7. The number of ether oxygens (including phenoxy) is 1. The highest BCUT2D eigenvalue weighted by Crippen LogP contribution is 2.18. The molecule has 0 heterocycles. The van der Waals surface area contributed by atoms with Gasteiger partial charge in [-0.3, -0.25) is 9.79 Å². The monoisotopic (exact) mass is 466 g/mol. The van der Waals surface area contributed by atoms with Crippen LogP contribution in [0.2, 0.25) is 0 Å². The number of benzene rings is 1. The first-order chi connectivity index (χ1) is 11.4. The largest absolute Gasteiger partial charge is 0.494 e. The van der Waals surface area contributed by atoms with Gasteiger partial charge in [0.2, 0.25) is 5.91 Å². The number of amides is 1. The van der Waals surface area contributed by atoms with Crippen LogP contribution >= 0.6 is 24.0 Å². The highest BCUT2D eigenvalue weighted by Gasteiger charge is 2.10. The lowest BCUT2D eigenvalue weighted by molar-refractivity contribution is -0.123. The van der Waals surface area contributed by atoms with Crippen LogP contribution in [-0.2, 0) is 11.3 Å². The molecule has 2 N–H and O–H groups in total. The number of nitrogens with one attached hydrogen (secondary N) is 2. The maximum atomic E-state index is 13.7. The summed E-state index contributed by atoms with van der Waals surface area (Å²) in [4.78, 5) is 17.6. The van der Waals surface area contributed by atoms with Crippen LogP contribution in [0, 0.1) is 11.7 Å². The van der Waals surface area contributed by atoms with Gasteiger partial charge >= 0.3 is 0 Å². The second kappa shape index (κ2) is 11.9. The van der Waals surface area contributed by atoms with Gasteiger partial charge in [0.1, 0.15) is 0 Å². The first-order valence-electron chi connectivity index (χ1n) is 7.91. The van der Waals surface area contributed by atoms with E-state index in [2.05, 4.69) is 15.6 Å². The molecule has 8 heteroatoms. The van der Waals surface area contributed by atoms with Crippen molar-refractivity contribution in [2.75, 3.05) is 34.3 Å². The molecule has 1 amide bonds. The summed E-state index contributed by atoms with van der Waals surface area (Å²) in [6.07, 6.45) is 0. The van der Waals surface area contributed by atoms with Gasteiger partial charge in [-0.05, 0) is 17.7 Å². The molecule has 1 aromatic carbocycles. The fourth-order valence-electron chi connectivity index (χ4n) is 2.11. The van der Waals surface area contributed by atoms with Gasteiger partial charge in [0.15, 0.2) is 17.5 Å². The van der Waals surface area contributed by atoms with E-state index in [4.69, 9.17) is 4.74 Å². The Kier molecular flexibility index (Phi) is 11.1. The van der Waals surface area contributed by atoms with Crippen molar-refractivity contribution in [3.63, 3.8) is 0 Å². The zero-order valence-corrected chi connectivity index (χ0v) is 17.8. The summed E-state index contributed by atoms with van der Waals surface area (Å²) in [5.41, 5.74) is 0.812. The van der Waals surface area contributed by atoms with Gasteiger partial charge < -0.3 is 20.3 Å². The van der Waals surface area contributed by atoms with Crippen molar-refractivity contribution in [1.29, 1.82) is 0 Å². The van der Waals surface area contributed by atoms with Gasteiger partial charge in [-0.15, -0.1) is 24.0 Å². The summed E-state index contributed by atoms with van der Waals surface area (Å²) in [6.45, 7) is 5.28. The van der Waals surface area contributed by atoms with Gasteiger partial charge in [-0.25, -0.2) is 4.39 Å². The molecule has 0 aliphatic heterocycles. The Labute approximate surface area is 166 Å². The Bertz CT molecular complexity index is 582. The van der Waals surface area contributed by atoms with E-state index >= 15 is 0 Å². The summed E-state index contributed by atoms with van der Waals surface area (Å²) in [7, 11) is 4.98. The number of carbonyl (C=O) groups is 1. The number of guanidine groups is 1. The Morgan fingerprint density at radius 1 is 1.32 bits per heavy atom. The summed E-state index contributed by atoms with van der Waals surface area (Å²) in [5.74, 6) is 0.503. The maximum absolute atomic E-state index is 13.7. The molecule has 0 aliphatic rings. The van der Waals surface area contributed by atoms with Crippen LogP contribution in [0.15, 0.2) is 23.2 Å². The molecule has 0 saturated heterocycles. The fourth-order valence-corrected chi connectivity index (χ4v) is 2.11. The normalized spacial score (nSPS) is 10.9. The average Bonchev–Trinajstić information content (AvgIpc) is 2.54. The van der Waals surface area contributed by atoms with Crippen molar-refractivity contribution in [1.82, 2.24) is 15.5 Å². The number of hydrogen-bond donors (Lipinski definition) is 2. The van der Waals surface area contributed by atoms with Crippen LogP contribution < -0.4 is 15.4 Å². The zero-order chi connectivity index (χ0) is 18.1. The van der Waals surface area contributed by atoms with E-state index in [0.717, 1.165) is 5.56 Å². The smallest absolute Gasteiger partial charge is 0.222 e. The molecule has 0 unspecified atom stereocenters. The minimum absolute atomic E-state index is 0. The van der Waals surface area contributed by atoms with Gasteiger partial charge in [0.25, 0.3) is 0 Å². The molecule has 0 bridgehead atoms. The number of methoxy groups -OCH3 is 1. The lowest BCUT2D eigenvalue weighted by Gasteiger charge is -2.22. The third kappa shape index (κ3) is 7.89. The predicted octanol–water partition coefficient (Wildman–Crippen LogP) is 2.23. The van der Waals surface area contributed by atoms with E-state index in [-0.39, 0.29) is 47.4 Å². The van der Waals surface area contributed by atoms with Crippen molar-refractivity contribution in [2.24, 2.45) is 10.9 Å². The van der Waals surface area contributed by atoms with Crippen molar-refractivity contribution in [3.8, 4) is 5.75 Å². The molecule has 0 spiro atoms. The molecule has 6 nitrogen and oxygen atoms in total. The number of nitrogens with zero attached hydrogens (tertiary/aromatic N) is 2. The quantitative estimate of drug-likeness (QED) is 0.280. The van der Waals surface area contributed by atoms with Crippen molar-refractivity contribution in [3.05, 3.63) is 29.6 Å². The van der Waals surface area contributed by atoms with Gasteiger partial charge in [-0.1, -0.05) is 19.9 Å². The molecule has 0 aliphatic carbocycles. The minimum Gasteiger partial charge on any atom is -0.494 e. The summed E-state index contributed by atoms with van der Waals surface area (Å²) in [6, 6.07) is 4.87. The van der Waals surface area contributed by atoms with Crippen LogP contribution in [0.4, 0.5) is 4.39 Å². The molecule has 0 aromatic heterocycles. The number of rotatable bonds is 7. The minimum atomic E-state index is -0.386. The van der Waals surface area contributed by atoms with E-state index in [1.54, 1.807) is 13.1 Å². The number of hydrogen-bond acceptors (Lipinski definition) is 3. The lowest BCUT2D eigenvalue weighted by atomic mass is 10.2. The van der Waals surface area contributed by atoms with Crippen LogP contribution in [-0.4, -0.2) is 51.1 Å². The molecule has 25 heavy (non-hydrogen) atoms. The summed E-state index contributed by atoms with van der Waals surface area (Å²) >= 11 is 0. The van der Waals surface area contributed by atoms with Gasteiger partial charge in [0.05, 0.1) is 7.11 Å². The Morgan fingerprint density at radius 2 is 1.96 bits per heavy atom. The molecular weight excluding hydrogens is 438 g/mol. The number of carbonyl (C=O) groups excluding carboxylic acids is 1. The van der Waals surface area contributed by atoms with Crippen molar-refractivity contribution in [2.45, 2.75) is 20.4 Å². The SMILES string of the molecule is CN=C(NCCNC(=O)C(C)C)N(C)Cc1ccc(OC)c(F)c1.I. The first kappa shape index (κ1) is 23.4. The lowest BCUT2D eigenvalue weighted by Crippen LogP contribution is -2.42. The molecule has 1 rings (SSSR count). The number of halogens is 2. The van der Waals surface area contributed by atoms with Crippen LogP contribution in [0.3, 0.4) is 0 Å². The van der Waals surface area contributed by atoms with E-state index in [9.17, 15) is 9.18 Å². The van der Waals surface area contributed by atoms with E-state index in [0.29, 0.717) is 25.6 Å². The molecule has 0 radical (unpaired) electrons. The highest BCUT2D eigenvalue weighted by molar-refractivity contribution is 14.0. The van der Waals surface area contributed by atoms with E-state index in [1.807, 2.05) is 31.9 Å². The van der Waals surface area contributed by atoms with E-state index in [1.165, 1.54) is 13.2 Å². The fraction of sp³-hybridized carbons (Fsp3) is 0.529. The average molecular weight is 466 g/mol. The second-order valence-electron chi connectivity index (χ2n) is 5.74. The van der Waals surface area contributed by atoms with Gasteiger partial charge in [0, 0.05) is 39.6 Å². The number of aliphatic imine (C=N–C) groups is 1. The predicted molar refractivity (Wildman–Crippen MR) is 109 cm³/mol. The first-order valence-corrected chi connectivity index (χ1v) is 7.91. The zero-order valence-electron chi connectivity index (χ0n) is 15.4. The molecule has 142 valence electrons. The molecule has 1 aromatic rings. The summed E-state index contributed by atoms with van der Waals surface area (Å²) in [5, 5.41) is 6.00. The third-order valence-corrected chi connectivity index (χ3v) is 3.44. The Hall–Kier alpha value is -1.58. The Morgan fingerprint density at radius 3 is 2.48 bits per heavy atom. The molecule has 0 fully saturated rings. The Balaban J connectivity index is 0.00000576. The van der Waals surface area contributed by atoms with Crippen LogP contribution in [0.5, 0.6) is 5.75 Å². The van der Waals surface area contributed by atoms with Crippen LogP contribution in [0.1, 0.15) is 19.4 Å². The topological polar surface area (TPSA) is 66.0 Å². The molecule has 0 saturated carbocycles. The highest BCUT2D eigenvalue weighted by atomic mass is 127. The van der Waals surface area contributed by atoms with Gasteiger partial charge in [-0.2, -0.15) is 0 Å². The third-order valence-electron chi connectivity index (χ3n) is 3.44. The van der Waals surface area contributed by atoms with Crippen molar-refractivity contribution < 1.29 is 13.9 Å². The van der Waals surface area contributed by atoms with E-state index < -0.39 is 0 Å². The molecule has 0 atom stereocenters. The maximum Gasteiger partial charge on any atom is 0.222 e. The van der Waals surface area contributed by atoms with Crippen molar-refractivity contribution >= 4 is 35.8 Å².